The summed E-state index contributed by atoms with van der Waals surface area (Å²) in [5, 5.41) is 1.74. The van der Waals surface area contributed by atoms with Gasteiger partial charge in [-0.15, -0.1) is 0 Å². The lowest BCUT2D eigenvalue weighted by Gasteiger charge is -2.01. The lowest BCUT2D eigenvalue weighted by atomic mass is 11.2. The Bertz CT molecular complexity index is 21.6. The van der Waals surface area contributed by atoms with Crippen molar-refractivity contribution in [2.45, 2.75) is 0 Å². The highest BCUT2D eigenvalue weighted by Gasteiger charge is 1.69. The van der Waals surface area contributed by atoms with Crippen molar-refractivity contribution in [3.05, 3.63) is 0 Å². The summed E-state index contributed by atoms with van der Waals surface area (Å²) in [6.45, 7) is 0. The third kappa shape index (κ3) is 4.27. The van der Waals surface area contributed by atoms with Crippen LogP contribution in [0.15, 0.2) is 0 Å². The second-order valence-corrected chi connectivity index (χ2v) is 1.19. The van der Waals surface area contributed by atoms with Gasteiger partial charge in [-0.2, -0.15) is 0 Å². The molecule has 0 saturated carbocycles. The molecule has 5 heavy (non-hydrogen) atoms. The van der Waals surface area contributed by atoms with Crippen molar-refractivity contribution in [2.24, 2.45) is 0 Å². The van der Waals surface area contributed by atoms with Crippen molar-refractivity contribution >= 4 is 12.8 Å². The summed E-state index contributed by atoms with van der Waals surface area (Å²) in [5.74, 6) is 0. The van der Waals surface area contributed by atoms with Gasteiger partial charge in [-0.25, -0.2) is 9.84 Å². The smallest absolute Gasteiger partial charge is 0.00217 e. The van der Waals surface area contributed by atoms with E-state index in [2.05, 4.69) is 17.6 Å². The fraction of sp³-hybridized carbons (Fsp3) is 1.00. The van der Waals surface area contributed by atoms with Crippen LogP contribution in [0.2, 0.25) is 0 Å². The Morgan fingerprint density at radius 2 is 1.80 bits per heavy atom. The molecule has 0 amide bonds. The second-order valence-electron chi connectivity index (χ2n) is 0.994. The molecule has 0 radical (unpaired) electrons. The third-order valence-electron chi connectivity index (χ3n) is 0.200. The Balaban J connectivity index is 2.54. The molecule has 0 aliphatic carbocycles. The van der Waals surface area contributed by atoms with Crippen LogP contribution in [0.5, 0.6) is 0 Å². The molecule has 0 bridgehead atoms. The zero-order chi connectivity index (χ0) is 4.28. The Kier molecular flexibility index (Phi) is 2.64. The average molecular weight is 92.2 g/mol. The first-order chi connectivity index (χ1) is 2.27. The molecule has 32 valence electrons. The SMILES string of the molecule is CN(C)NS. The van der Waals surface area contributed by atoms with Crippen molar-refractivity contribution in [2.75, 3.05) is 14.1 Å². The van der Waals surface area contributed by atoms with E-state index in [0.29, 0.717) is 0 Å². The van der Waals surface area contributed by atoms with Crippen LogP contribution in [0.1, 0.15) is 0 Å². The minimum atomic E-state index is 1.74. The molecule has 0 aromatic rings. The van der Waals surface area contributed by atoms with Gasteiger partial charge in [-0.05, 0) is 0 Å². The molecule has 1 N–H and O–H groups in total. The van der Waals surface area contributed by atoms with Crippen LogP contribution in [-0.2, 0) is 0 Å². The van der Waals surface area contributed by atoms with Crippen LogP contribution in [0.25, 0.3) is 0 Å². The maximum atomic E-state index is 3.69. The Morgan fingerprint density at radius 3 is 1.80 bits per heavy atom. The highest BCUT2D eigenvalue weighted by atomic mass is 32.1. The standard InChI is InChI=1S/C2H8N2S/c1-4(2)3-5/h3,5H,1-2H3. The highest BCUT2D eigenvalue weighted by Crippen LogP contribution is 1.60. The van der Waals surface area contributed by atoms with Gasteiger partial charge in [0.1, 0.15) is 0 Å². The molecule has 2 nitrogen and oxygen atoms in total. The summed E-state index contributed by atoms with van der Waals surface area (Å²) in [7, 11) is 3.74. The van der Waals surface area contributed by atoms with Crippen LogP contribution in [0.4, 0.5) is 0 Å². The average Bonchev–Trinajstić information content (AvgIpc) is 1.38. The van der Waals surface area contributed by atoms with Gasteiger partial charge in [-0.1, -0.05) is 12.8 Å². The van der Waals surface area contributed by atoms with Gasteiger partial charge >= 0.3 is 0 Å². The monoisotopic (exact) mass is 92.0 g/mol. The molecular formula is C2H8N2S. The number of nitrogens with zero attached hydrogens (tertiary/aromatic N) is 1. The lowest BCUT2D eigenvalue weighted by Crippen LogP contribution is -2.20. The molecule has 0 unspecified atom stereocenters. The Labute approximate surface area is 37.7 Å². The van der Waals surface area contributed by atoms with E-state index in [4.69, 9.17) is 0 Å². The highest BCUT2D eigenvalue weighted by molar-refractivity contribution is 7.78. The van der Waals surface area contributed by atoms with Crippen molar-refractivity contribution in [3.63, 3.8) is 0 Å². The van der Waals surface area contributed by atoms with Gasteiger partial charge in [0.05, 0.1) is 0 Å². The predicted octanol–water partition coefficient (Wildman–Crippen LogP) is -0.103. The molecular weight excluding hydrogens is 84.1 g/mol. The normalized spacial score (nSPS) is 9.60. The van der Waals surface area contributed by atoms with E-state index in [1.165, 1.54) is 0 Å². The number of nitrogens with one attached hydrogen (secondary N) is 1. The van der Waals surface area contributed by atoms with Crippen molar-refractivity contribution in [3.8, 4) is 0 Å². The second kappa shape index (κ2) is 2.50. The summed E-state index contributed by atoms with van der Waals surface area (Å²) >= 11 is 3.69. The first-order valence-corrected chi connectivity index (χ1v) is 1.79. The van der Waals surface area contributed by atoms with E-state index in [1.54, 1.807) is 5.01 Å². The molecule has 0 aromatic carbocycles. The minimum Gasteiger partial charge on any atom is -0.241 e. The number of hydrogen-bond acceptors (Lipinski definition) is 3. The van der Waals surface area contributed by atoms with Crippen molar-refractivity contribution in [1.82, 2.24) is 9.84 Å². The van der Waals surface area contributed by atoms with E-state index in [9.17, 15) is 0 Å². The van der Waals surface area contributed by atoms with Gasteiger partial charge in [-0.3, -0.25) is 0 Å². The fourth-order valence-electron chi connectivity index (χ4n) is 0. The zero-order valence-corrected chi connectivity index (χ0v) is 4.29. The van der Waals surface area contributed by atoms with Crippen molar-refractivity contribution in [1.29, 1.82) is 0 Å². The zero-order valence-electron chi connectivity index (χ0n) is 3.39. The van der Waals surface area contributed by atoms with Gasteiger partial charge in [0, 0.05) is 14.1 Å². The molecule has 0 rings (SSSR count). The van der Waals surface area contributed by atoms with Gasteiger partial charge in [0.2, 0.25) is 0 Å². The Morgan fingerprint density at radius 1 is 1.60 bits per heavy atom. The number of rotatable bonds is 1. The number of hydrazine groups is 1. The van der Waals surface area contributed by atoms with Gasteiger partial charge < -0.3 is 0 Å². The summed E-state index contributed by atoms with van der Waals surface area (Å²) in [4.78, 5) is 2.56. The molecule has 0 aliphatic heterocycles. The van der Waals surface area contributed by atoms with Crippen LogP contribution in [0.3, 0.4) is 0 Å². The van der Waals surface area contributed by atoms with Crippen molar-refractivity contribution < 1.29 is 0 Å². The third-order valence-corrected chi connectivity index (χ3v) is 0.600. The van der Waals surface area contributed by atoms with Crippen LogP contribution < -0.4 is 4.83 Å². The maximum absolute atomic E-state index is 3.69. The molecule has 0 saturated heterocycles. The maximum Gasteiger partial charge on any atom is 0.00217 e. The number of thiol groups is 1. The molecule has 0 heterocycles. The molecule has 0 atom stereocenters. The predicted molar refractivity (Wildman–Crippen MR) is 25.8 cm³/mol. The van der Waals surface area contributed by atoms with Crippen LogP contribution in [-0.4, -0.2) is 19.1 Å². The molecule has 3 heteroatoms. The summed E-state index contributed by atoms with van der Waals surface area (Å²) in [6, 6.07) is 0. The molecule has 0 aliphatic rings. The van der Waals surface area contributed by atoms with Gasteiger partial charge in [0.25, 0.3) is 0 Å². The summed E-state index contributed by atoms with van der Waals surface area (Å²) in [6.07, 6.45) is 0. The van der Waals surface area contributed by atoms with E-state index < -0.39 is 0 Å². The summed E-state index contributed by atoms with van der Waals surface area (Å²) < 4.78 is 0. The first-order valence-electron chi connectivity index (χ1n) is 1.34. The largest absolute Gasteiger partial charge is 0.241 e. The molecule has 0 spiro atoms. The van der Waals surface area contributed by atoms with E-state index in [1.807, 2.05) is 14.1 Å². The topological polar surface area (TPSA) is 15.3 Å². The quantitative estimate of drug-likeness (QED) is 0.347. The lowest BCUT2D eigenvalue weighted by molar-refractivity contribution is 0.388. The van der Waals surface area contributed by atoms with E-state index >= 15 is 0 Å². The first kappa shape index (κ1) is 5.27. The number of hydrogen-bond donors (Lipinski definition) is 2. The van der Waals surface area contributed by atoms with Gasteiger partial charge in [0.15, 0.2) is 0 Å². The fourth-order valence-corrected chi connectivity index (χ4v) is 0. The summed E-state index contributed by atoms with van der Waals surface area (Å²) in [5.41, 5.74) is 0. The minimum absolute atomic E-state index is 1.74. The van der Waals surface area contributed by atoms with E-state index in [0.717, 1.165) is 0 Å². The van der Waals surface area contributed by atoms with Crippen LogP contribution >= 0.6 is 12.8 Å². The molecule has 0 fully saturated rings. The van der Waals surface area contributed by atoms with E-state index in [-0.39, 0.29) is 0 Å². The van der Waals surface area contributed by atoms with Crippen LogP contribution in [0, 0.1) is 0 Å². The molecule has 0 aromatic heterocycles. The Hall–Kier alpha value is 0.270.